The molecule has 1 aromatic heterocycles. The molecule has 0 amide bonds. The van der Waals surface area contributed by atoms with Gasteiger partial charge < -0.3 is 5.32 Å². The maximum Gasteiger partial charge on any atom is 0.185 e. The summed E-state index contributed by atoms with van der Waals surface area (Å²) in [5.74, 6) is 0.654. The molecule has 0 aliphatic heterocycles. The van der Waals surface area contributed by atoms with Crippen LogP contribution in [0.25, 0.3) is 10.8 Å². The van der Waals surface area contributed by atoms with Crippen molar-refractivity contribution in [2.45, 2.75) is 19.9 Å². The second kappa shape index (κ2) is 5.59. The van der Waals surface area contributed by atoms with Crippen molar-refractivity contribution >= 4 is 33.9 Å². The summed E-state index contributed by atoms with van der Waals surface area (Å²) in [6, 6.07) is 8.17. The van der Waals surface area contributed by atoms with Crippen LogP contribution in [0.3, 0.4) is 0 Å². The van der Waals surface area contributed by atoms with Crippen LogP contribution < -0.4 is 16.2 Å². The normalized spacial score (nSPS) is 10.4. The van der Waals surface area contributed by atoms with Crippen LogP contribution in [0.15, 0.2) is 30.5 Å². The van der Waals surface area contributed by atoms with Crippen LogP contribution in [0.2, 0.25) is 0 Å². The Hall–Kier alpha value is -1.95. The van der Waals surface area contributed by atoms with Gasteiger partial charge in [0, 0.05) is 16.8 Å². The quantitative estimate of drug-likeness (QED) is 0.579. The molecule has 0 aliphatic carbocycles. The molecule has 0 bridgehead atoms. The molecule has 18 heavy (non-hydrogen) atoms. The predicted octanol–water partition coefficient (Wildman–Crippen LogP) is 1.83. The van der Waals surface area contributed by atoms with E-state index in [0.29, 0.717) is 10.9 Å². The summed E-state index contributed by atoms with van der Waals surface area (Å²) in [6.07, 6.45) is 1.73. The number of benzene rings is 1. The SMILES string of the molecule is CC(C)NC(=S)NNc1nncc2ccccc12. The van der Waals surface area contributed by atoms with Crippen molar-refractivity contribution in [1.29, 1.82) is 0 Å². The van der Waals surface area contributed by atoms with E-state index in [2.05, 4.69) is 26.4 Å². The van der Waals surface area contributed by atoms with Gasteiger partial charge in [0.1, 0.15) is 0 Å². The molecule has 1 aromatic carbocycles. The Morgan fingerprint density at radius 2 is 2.06 bits per heavy atom. The van der Waals surface area contributed by atoms with Gasteiger partial charge in [-0.25, -0.2) is 0 Å². The number of rotatable bonds is 3. The average Bonchev–Trinajstić information content (AvgIpc) is 2.35. The lowest BCUT2D eigenvalue weighted by molar-refractivity contribution is 0.724. The molecule has 0 fully saturated rings. The average molecular weight is 261 g/mol. The smallest absolute Gasteiger partial charge is 0.185 e. The number of nitrogens with one attached hydrogen (secondary N) is 3. The van der Waals surface area contributed by atoms with Crippen molar-refractivity contribution in [3.8, 4) is 0 Å². The summed E-state index contributed by atoms with van der Waals surface area (Å²) in [5.41, 5.74) is 5.86. The molecule has 1 heterocycles. The third kappa shape index (κ3) is 3.04. The Bertz CT molecular complexity index is 550. The Morgan fingerprint density at radius 1 is 1.28 bits per heavy atom. The number of nitrogens with zero attached hydrogens (tertiary/aromatic N) is 2. The van der Waals surface area contributed by atoms with Gasteiger partial charge in [-0.2, -0.15) is 5.10 Å². The molecule has 0 atom stereocenters. The molecule has 5 nitrogen and oxygen atoms in total. The van der Waals surface area contributed by atoms with Crippen LogP contribution in [0.5, 0.6) is 0 Å². The summed E-state index contributed by atoms with van der Waals surface area (Å²) in [5, 5.41) is 13.6. The van der Waals surface area contributed by atoms with Crippen LogP contribution in [0.4, 0.5) is 5.82 Å². The van der Waals surface area contributed by atoms with Crippen LogP contribution in [0, 0.1) is 0 Å². The molecule has 0 radical (unpaired) electrons. The van der Waals surface area contributed by atoms with Crippen molar-refractivity contribution in [2.75, 3.05) is 5.43 Å². The zero-order valence-corrected chi connectivity index (χ0v) is 11.1. The number of aromatic nitrogens is 2. The van der Waals surface area contributed by atoms with Crippen LogP contribution in [-0.2, 0) is 0 Å². The summed E-state index contributed by atoms with van der Waals surface area (Å²) in [6.45, 7) is 4.04. The highest BCUT2D eigenvalue weighted by Gasteiger charge is 2.03. The van der Waals surface area contributed by atoms with E-state index in [4.69, 9.17) is 12.2 Å². The largest absolute Gasteiger partial charge is 0.359 e. The fourth-order valence-electron chi connectivity index (χ4n) is 1.53. The highest BCUT2D eigenvalue weighted by Crippen LogP contribution is 2.18. The summed E-state index contributed by atoms with van der Waals surface area (Å²) < 4.78 is 0. The Kier molecular flexibility index (Phi) is 3.88. The minimum atomic E-state index is 0.283. The third-order valence-electron chi connectivity index (χ3n) is 2.28. The minimum Gasteiger partial charge on any atom is -0.359 e. The van der Waals surface area contributed by atoms with Crippen molar-refractivity contribution in [3.63, 3.8) is 0 Å². The maximum atomic E-state index is 5.12. The molecule has 0 aliphatic rings. The van der Waals surface area contributed by atoms with Gasteiger partial charge in [-0.05, 0) is 26.1 Å². The first kappa shape index (κ1) is 12.5. The first-order valence-electron chi connectivity index (χ1n) is 5.70. The Labute approximate surface area is 111 Å². The van der Waals surface area contributed by atoms with E-state index in [-0.39, 0.29) is 6.04 Å². The molecule has 0 unspecified atom stereocenters. The van der Waals surface area contributed by atoms with E-state index in [1.807, 2.05) is 38.1 Å². The van der Waals surface area contributed by atoms with Gasteiger partial charge in [0.25, 0.3) is 0 Å². The van der Waals surface area contributed by atoms with E-state index >= 15 is 0 Å². The molecule has 2 aromatic rings. The second-order valence-electron chi connectivity index (χ2n) is 4.16. The fraction of sp³-hybridized carbons (Fsp3) is 0.250. The van der Waals surface area contributed by atoms with E-state index in [0.717, 1.165) is 10.8 Å². The topological polar surface area (TPSA) is 61.9 Å². The molecule has 6 heteroatoms. The summed E-state index contributed by atoms with van der Waals surface area (Å²) in [7, 11) is 0. The first-order valence-corrected chi connectivity index (χ1v) is 6.10. The lowest BCUT2D eigenvalue weighted by Gasteiger charge is -2.14. The van der Waals surface area contributed by atoms with Gasteiger partial charge in [-0.15, -0.1) is 5.10 Å². The molecule has 94 valence electrons. The zero-order chi connectivity index (χ0) is 13.0. The molecule has 0 saturated heterocycles. The molecule has 2 rings (SSSR count). The molecular weight excluding hydrogens is 246 g/mol. The van der Waals surface area contributed by atoms with Gasteiger partial charge >= 0.3 is 0 Å². The van der Waals surface area contributed by atoms with Crippen LogP contribution in [0.1, 0.15) is 13.8 Å². The van der Waals surface area contributed by atoms with Crippen LogP contribution >= 0.6 is 12.2 Å². The number of fused-ring (bicyclic) bond motifs is 1. The Balaban J connectivity index is 2.10. The monoisotopic (exact) mass is 261 g/mol. The van der Waals surface area contributed by atoms with E-state index in [9.17, 15) is 0 Å². The lowest BCUT2D eigenvalue weighted by atomic mass is 10.2. The molecule has 0 saturated carbocycles. The molecule has 0 spiro atoms. The van der Waals surface area contributed by atoms with Gasteiger partial charge in [-0.1, -0.05) is 24.3 Å². The zero-order valence-electron chi connectivity index (χ0n) is 10.3. The summed E-state index contributed by atoms with van der Waals surface area (Å²) >= 11 is 5.12. The summed E-state index contributed by atoms with van der Waals surface area (Å²) in [4.78, 5) is 0. The first-order chi connectivity index (χ1) is 8.66. The standard InChI is InChI=1S/C12H15N5S/c1-8(2)14-12(18)17-16-11-10-6-4-3-5-9(10)7-13-15-11/h3-8H,1-2H3,(H,15,16)(H2,14,17,18). The number of anilines is 1. The Morgan fingerprint density at radius 3 is 2.83 bits per heavy atom. The third-order valence-corrected chi connectivity index (χ3v) is 2.50. The molecular formula is C12H15N5S. The predicted molar refractivity (Wildman–Crippen MR) is 77.2 cm³/mol. The van der Waals surface area contributed by atoms with Crippen molar-refractivity contribution in [1.82, 2.24) is 20.9 Å². The van der Waals surface area contributed by atoms with Gasteiger partial charge in [0.2, 0.25) is 0 Å². The van der Waals surface area contributed by atoms with Crippen molar-refractivity contribution in [2.24, 2.45) is 0 Å². The number of hydrogen-bond acceptors (Lipinski definition) is 4. The highest BCUT2D eigenvalue weighted by atomic mass is 32.1. The van der Waals surface area contributed by atoms with Crippen LogP contribution in [-0.4, -0.2) is 21.4 Å². The minimum absolute atomic E-state index is 0.283. The second-order valence-corrected chi connectivity index (χ2v) is 4.57. The van der Waals surface area contributed by atoms with Gasteiger partial charge in [0.15, 0.2) is 10.9 Å². The fourth-order valence-corrected chi connectivity index (χ4v) is 1.82. The number of hydrogen-bond donors (Lipinski definition) is 3. The van der Waals surface area contributed by atoms with Gasteiger partial charge in [0.05, 0.1) is 6.20 Å². The van der Waals surface area contributed by atoms with Crippen molar-refractivity contribution in [3.05, 3.63) is 30.5 Å². The maximum absolute atomic E-state index is 5.12. The highest BCUT2D eigenvalue weighted by molar-refractivity contribution is 7.80. The lowest BCUT2D eigenvalue weighted by Crippen LogP contribution is -2.42. The van der Waals surface area contributed by atoms with E-state index < -0.39 is 0 Å². The number of hydrazine groups is 1. The number of thiocarbonyl (C=S) groups is 1. The molecule has 3 N–H and O–H groups in total. The van der Waals surface area contributed by atoms with E-state index in [1.165, 1.54) is 0 Å². The van der Waals surface area contributed by atoms with E-state index in [1.54, 1.807) is 6.20 Å². The van der Waals surface area contributed by atoms with Gasteiger partial charge in [-0.3, -0.25) is 10.9 Å². The van der Waals surface area contributed by atoms with Crippen molar-refractivity contribution < 1.29 is 0 Å².